The van der Waals surface area contributed by atoms with Crippen LogP contribution in [0.15, 0.2) is 22.6 Å². The molecule has 0 heterocycles. The summed E-state index contributed by atoms with van der Waals surface area (Å²) in [6.45, 7) is 0. The number of hydrogen-bond acceptors (Lipinski definition) is 1. The van der Waals surface area contributed by atoms with Crippen molar-refractivity contribution in [3.8, 4) is 0 Å². The zero-order valence-electron chi connectivity index (χ0n) is 6.69. The Bertz CT molecular complexity index is 218. The lowest BCUT2D eigenvalue weighted by atomic mass is 10.1. The summed E-state index contributed by atoms with van der Waals surface area (Å²) in [6, 6.07) is 0. The van der Waals surface area contributed by atoms with Crippen LogP contribution < -0.4 is 0 Å². The zero-order valence-corrected chi connectivity index (χ0v) is 7.45. The standard InChI is InChI=1S/C8H11ClFN/c1-11(2)6-3-4-8(10)7(9)5-6/h5H,3-4H2,1-2H3. The average molecular weight is 176 g/mol. The van der Waals surface area contributed by atoms with Crippen molar-refractivity contribution >= 4 is 11.6 Å². The molecule has 0 saturated carbocycles. The lowest BCUT2D eigenvalue weighted by Crippen LogP contribution is -2.13. The van der Waals surface area contributed by atoms with Crippen molar-refractivity contribution in [2.24, 2.45) is 0 Å². The monoisotopic (exact) mass is 175 g/mol. The molecule has 0 atom stereocenters. The van der Waals surface area contributed by atoms with Crippen molar-refractivity contribution in [1.82, 2.24) is 4.90 Å². The molecule has 3 heteroatoms. The number of allylic oxidation sites excluding steroid dienone is 4. The molecule has 0 fully saturated rings. The molecule has 11 heavy (non-hydrogen) atoms. The molecule has 0 amide bonds. The summed E-state index contributed by atoms with van der Waals surface area (Å²) < 4.78 is 12.7. The summed E-state index contributed by atoms with van der Waals surface area (Å²) in [7, 11) is 3.86. The third kappa shape index (κ3) is 1.96. The van der Waals surface area contributed by atoms with Crippen molar-refractivity contribution in [1.29, 1.82) is 0 Å². The smallest absolute Gasteiger partial charge is 0.119 e. The van der Waals surface area contributed by atoms with Gasteiger partial charge in [-0.25, -0.2) is 4.39 Å². The van der Waals surface area contributed by atoms with Gasteiger partial charge in [0.1, 0.15) is 5.83 Å². The van der Waals surface area contributed by atoms with Crippen molar-refractivity contribution < 1.29 is 4.39 Å². The van der Waals surface area contributed by atoms with Gasteiger partial charge in [0.2, 0.25) is 0 Å². The Kier molecular flexibility index (Phi) is 2.55. The predicted molar refractivity (Wildman–Crippen MR) is 45.0 cm³/mol. The van der Waals surface area contributed by atoms with Crippen molar-refractivity contribution in [3.05, 3.63) is 22.6 Å². The summed E-state index contributed by atoms with van der Waals surface area (Å²) in [5.41, 5.74) is 1.08. The van der Waals surface area contributed by atoms with Crippen LogP contribution in [0.2, 0.25) is 0 Å². The molecule has 1 rings (SSSR count). The normalized spacial score (nSPS) is 18.4. The van der Waals surface area contributed by atoms with Gasteiger partial charge < -0.3 is 4.90 Å². The first-order valence-corrected chi connectivity index (χ1v) is 3.91. The summed E-state index contributed by atoms with van der Waals surface area (Å²) in [5, 5.41) is 0.250. The third-order valence-electron chi connectivity index (χ3n) is 1.73. The molecule has 1 aliphatic rings. The molecular formula is C8H11ClFN. The predicted octanol–water partition coefficient (Wildman–Crippen LogP) is 2.65. The lowest BCUT2D eigenvalue weighted by Gasteiger charge is -2.19. The van der Waals surface area contributed by atoms with E-state index in [1.54, 1.807) is 6.08 Å². The van der Waals surface area contributed by atoms with E-state index in [1.165, 1.54) is 0 Å². The molecule has 0 aromatic heterocycles. The highest BCUT2D eigenvalue weighted by Crippen LogP contribution is 2.27. The minimum atomic E-state index is -0.197. The van der Waals surface area contributed by atoms with Crippen LogP contribution in [0.3, 0.4) is 0 Å². The van der Waals surface area contributed by atoms with E-state index in [0.717, 1.165) is 12.1 Å². The van der Waals surface area contributed by atoms with E-state index in [4.69, 9.17) is 11.6 Å². The first-order valence-electron chi connectivity index (χ1n) is 3.53. The Morgan fingerprint density at radius 2 is 2.09 bits per heavy atom. The molecule has 0 aromatic carbocycles. The van der Waals surface area contributed by atoms with Gasteiger partial charge in [-0.1, -0.05) is 11.6 Å². The van der Waals surface area contributed by atoms with Crippen molar-refractivity contribution in [3.63, 3.8) is 0 Å². The highest BCUT2D eigenvalue weighted by molar-refractivity contribution is 6.31. The van der Waals surface area contributed by atoms with Gasteiger partial charge in [-0.3, -0.25) is 0 Å². The van der Waals surface area contributed by atoms with Gasteiger partial charge in [-0.2, -0.15) is 0 Å². The van der Waals surface area contributed by atoms with E-state index >= 15 is 0 Å². The molecule has 0 spiro atoms. The molecule has 0 bridgehead atoms. The van der Waals surface area contributed by atoms with Crippen molar-refractivity contribution in [2.45, 2.75) is 12.8 Å². The van der Waals surface area contributed by atoms with Crippen LogP contribution >= 0.6 is 11.6 Å². The quantitative estimate of drug-likeness (QED) is 0.592. The van der Waals surface area contributed by atoms with E-state index in [0.29, 0.717) is 6.42 Å². The van der Waals surface area contributed by atoms with Crippen molar-refractivity contribution in [2.75, 3.05) is 14.1 Å². The van der Waals surface area contributed by atoms with E-state index < -0.39 is 0 Å². The van der Waals surface area contributed by atoms with Gasteiger partial charge in [-0.05, 0) is 12.5 Å². The highest BCUT2D eigenvalue weighted by atomic mass is 35.5. The van der Waals surface area contributed by atoms with Gasteiger partial charge in [-0.15, -0.1) is 0 Å². The maximum Gasteiger partial charge on any atom is 0.119 e. The second kappa shape index (κ2) is 3.26. The Hall–Kier alpha value is -0.500. The molecule has 0 aromatic rings. The molecular weight excluding hydrogens is 165 g/mol. The summed E-state index contributed by atoms with van der Waals surface area (Å²) >= 11 is 5.61. The van der Waals surface area contributed by atoms with Gasteiger partial charge in [0.25, 0.3) is 0 Å². The Balaban J connectivity index is 2.81. The van der Waals surface area contributed by atoms with Crippen LogP contribution in [0, 0.1) is 0 Å². The van der Waals surface area contributed by atoms with Crippen LogP contribution in [-0.2, 0) is 0 Å². The van der Waals surface area contributed by atoms with E-state index in [1.807, 2.05) is 19.0 Å². The van der Waals surface area contributed by atoms with Crippen LogP contribution in [0.25, 0.3) is 0 Å². The van der Waals surface area contributed by atoms with Gasteiger partial charge in [0, 0.05) is 26.2 Å². The lowest BCUT2D eigenvalue weighted by molar-refractivity contribution is 0.465. The second-order valence-corrected chi connectivity index (χ2v) is 3.19. The fourth-order valence-corrected chi connectivity index (χ4v) is 1.23. The number of hydrogen-bond donors (Lipinski definition) is 0. The van der Waals surface area contributed by atoms with E-state index in [9.17, 15) is 4.39 Å². The summed E-state index contributed by atoms with van der Waals surface area (Å²) in [4.78, 5) is 1.95. The molecule has 1 nitrogen and oxygen atoms in total. The highest BCUT2D eigenvalue weighted by Gasteiger charge is 2.12. The number of nitrogens with zero attached hydrogens (tertiary/aromatic N) is 1. The maximum atomic E-state index is 12.7. The van der Waals surface area contributed by atoms with Gasteiger partial charge >= 0.3 is 0 Å². The zero-order chi connectivity index (χ0) is 8.43. The molecule has 1 aliphatic carbocycles. The van der Waals surface area contributed by atoms with Crippen LogP contribution in [0.1, 0.15) is 12.8 Å². The third-order valence-corrected chi connectivity index (χ3v) is 2.04. The fraction of sp³-hybridized carbons (Fsp3) is 0.500. The molecule has 0 saturated heterocycles. The molecule has 0 N–H and O–H groups in total. The second-order valence-electron chi connectivity index (χ2n) is 2.78. The molecule has 0 aliphatic heterocycles. The minimum Gasteiger partial charge on any atom is -0.381 e. The largest absolute Gasteiger partial charge is 0.381 e. The topological polar surface area (TPSA) is 3.24 Å². The number of rotatable bonds is 1. The summed E-state index contributed by atoms with van der Waals surface area (Å²) in [5.74, 6) is -0.197. The Morgan fingerprint density at radius 3 is 2.55 bits per heavy atom. The van der Waals surface area contributed by atoms with Crippen LogP contribution in [0.5, 0.6) is 0 Å². The molecule has 62 valence electrons. The van der Waals surface area contributed by atoms with Gasteiger partial charge in [0.05, 0.1) is 5.03 Å². The Morgan fingerprint density at radius 1 is 1.45 bits per heavy atom. The molecule has 0 radical (unpaired) electrons. The first kappa shape index (κ1) is 8.60. The first-order chi connectivity index (χ1) is 5.11. The number of halogens is 2. The molecule has 0 unspecified atom stereocenters. The van der Waals surface area contributed by atoms with Crippen LogP contribution in [-0.4, -0.2) is 19.0 Å². The SMILES string of the molecule is CN(C)C1=CC(Cl)=C(F)CC1. The van der Waals surface area contributed by atoms with E-state index in [-0.39, 0.29) is 10.9 Å². The average Bonchev–Trinajstić information content (AvgIpc) is 1.94. The van der Waals surface area contributed by atoms with Crippen LogP contribution in [0.4, 0.5) is 4.39 Å². The Labute approximate surface area is 71.1 Å². The fourth-order valence-electron chi connectivity index (χ4n) is 1.01. The minimum absolute atomic E-state index is 0.197. The van der Waals surface area contributed by atoms with E-state index in [2.05, 4.69) is 0 Å². The maximum absolute atomic E-state index is 12.7. The summed E-state index contributed by atoms with van der Waals surface area (Å²) in [6.07, 6.45) is 2.86. The van der Waals surface area contributed by atoms with Gasteiger partial charge in [0.15, 0.2) is 0 Å².